The summed E-state index contributed by atoms with van der Waals surface area (Å²) in [6, 6.07) is 3.87. The van der Waals surface area contributed by atoms with E-state index in [1.54, 1.807) is 14.1 Å². The Labute approximate surface area is 164 Å². The van der Waals surface area contributed by atoms with Gasteiger partial charge in [0.25, 0.3) is 5.91 Å². The van der Waals surface area contributed by atoms with E-state index in [1.165, 1.54) is 16.2 Å². The molecule has 0 aliphatic carbocycles. The molecule has 1 fully saturated rings. The van der Waals surface area contributed by atoms with E-state index >= 15 is 0 Å². The van der Waals surface area contributed by atoms with Crippen LogP contribution in [0.1, 0.15) is 61.4 Å². The maximum atomic E-state index is 12.9. The van der Waals surface area contributed by atoms with Gasteiger partial charge in [0.15, 0.2) is 0 Å². The van der Waals surface area contributed by atoms with E-state index in [2.05, 4.69) is 0 Å². The number of piperidine rings is 1. The van der Waals surface area contributed by atoms with Gasteiger partial charge in [-0.25, -0.2) is 4.98 Å². The minimum Gasteiger partial charge on any atom is -0.397 e. The number of amides is 2. The summed E-state index contributed by atoms with van der Waals surface area (Å²) in [7, 11) is 3.42. The van der Waals surface area contributed by atoms with Crippen LogP contribution < -0.4 is 5.73 Å². The first-order valence-electron chi connectivity index (χ1n) is 9.33. The molecule has 0 bridgehead atoms. The largest absolute Gasteiger partial charge is 0.397 e. The van der Waals surface area contributed by atoms with Crippen LogP contribution in [0.3, 0.4) is 0 Å². The lowest BCUT2D eigenvalue weighted by Gasteiger charge is -2.39. The highest BCUT2D eigenvalue weighted by Crippen LogP contribution is 2.37. The molecule has 0 unspecified atom stereocenters. The topological polar surface area (TPSA) is 79.5 Å². The fourth-order valence-electron chi connectivity index (χ4n) is 3.47. The minimum absolute atomic E-state index is 0.0220. The summed E-state index contributed by atoms with van der Waals surface area (Å²) in [5.41, 5.74) is 7.14. The number of pyridine rings is 1. The van der Waals surface area contributed by atoms with Crippen LogP contribution in [0, 0.1) is 5.41 Å². The highest BCUT2D eigenvalue weighted by molar-refractivity contribution is 7.21. The van der Waals surface area contributed by atoms with E-state index < -0.39 is 5.41 Å². The number of nitrogens with two attached hydrogens (primary N) is 1. The van der Waals surface area contributed by atoms with Gasteiger partial charge in [-0.15, -0.1) is 11.3 Å². The van der Waals surface area contributed by atoms with E-state index in [4.69, 9.17) is 10.7 Å². The summed E-state index contributed by atoms with van der Waals surface area (Å²) in [6.07, 6.45) is 3.01. The molecule has 2 aromatic heterocycles. The Hall–Kier alpha value is -2.15. The quantitative estimate of drug-likeness (QED) is 0.851. The van der Waals surface area contributed by atoms with Crippen molar-refractivity contribution in [3.63, 3.8) is 0 Å². The second kappa shape index (κ2) is 7.11. The molecular weight excluding hydrogens is 360 g/mol. The predicted octanol–water partition coefficient (Wildman–Crippen LogP) is 3.68. The number of carbonyl (C=O) groups is 2. The predicted molar refractivity (Wildman–Crippen MR) is 110 cm³/mol. The summed E-state index contributed by atoms with van der Waals surface area (Å²) in [6.45, 7) is 6.63. The summed E-state index contributed by atoms with van der Waals surface area (Å²) < 4.78 is 0. The number of carbonyl (C=O) groups excluding carboxylic acids is 2. The highest BCUT2D eigenvalue weighted by Gasteiger charge is 2.35. The van der Waals surface area contributed by atoms with Crippen molar-refractivity contribution in [2.24, 2.45) is 5.41 Å². The average Bonchev–Trinajstić information content (AvgIpc) is 2.95. The zero-order valence-corrected chi connectivity index (χ0v) is 17.5. The van der Waals surface area contributed by atoms with Gasteiger partial charge >= 0.3 is 0 Å². The van der Waals surface area contributed by atoms with Crippen LogP contribution in [0.15, 0.2) is 12.1 Å². The number of anilines is 1. The molecule has 3 heterocycles. The summed E-state index contributed by atoms with van der Waals surface area (Å²) in [5.74, 6) is 0.0440. The first-order valence-corrected chi connectivity index (χ1v) is 10.1. The lowest BCUT2D eigenvalue weighted by Crippen LogP contribution is -2.44. The molecule has 0 saturated carbocycles. The van der Waals surface area contributed by atoms with Crippen LogP contribution in [-0.2, 0) is 4.79 Å². The molecule has 0 aromatic carbocycles. The van der Waals surface area contributed by atoms with E-state index in [9.17, 15) is 9.59 Å². The molecule has 1 aliphatic heterocycles. The Balaban J connectivity index is 2.00. The fraction of sp³-hybridized carbons (Fsp3) is 0.550. The molecular formula is C20H28N4O2S. The van der Waals surface area contributed by atoms with Crippen molar-refractivity contribution >= 4 is 39.1 Å². The van der Waals surface area contributed by atoms with Crippen molar-refractivity contribution < 1.29 is 9.59 Å². The van der Waals surface area contributed by atoms with E-state index in [-0.39, 0.29) is 17.9 Å². The molecule has 2 aromatic rings. The van der Waals surface area contributed by atoms with Gasteiger partial charge in [-0.3, -0.25) is 9.59 Å². The van der Waals surface area contributed by atoms with Gasteiger partial charge in [-0.2, -0.15) is 0 Å². The number of aromatic nitrogens is 1. The summed E-state index contributed by atoms with van der Waals surface area (Å²) in [5, 5.41) is 0.804. The fourth-order valence-corrected chi connectivity index (χ4v) is 4.59. The molecule has 6 nitrogen and oxygen atoms in total. The van der Waals surface area contributed by atoms with Gasteiger partial charge in [0.1, 0.15) is 9.71 Å². The number of hydrogen-bond donors (Lipinski definition) is 1. The van der Waals surface area contributed by atoms with Crippen LogP contribution in [0.5, 0.6) is 0 Å². The zero-order chi connectivity index (χ0) is 19.9. The monoisotopic (exact) mass is 388 g/mol. The Morgan fingerprint density at radius 2 is 1.96 bits per heavy atom. The van der Waals surface area contributed by atoms with Gasteiger partial charge in [0, 0.05) is 31.4 Å². The minimum atomic E-state index is -0.418. The molecule has 7 heteroatoms. The molecule has 3 rings (SSSR count). The maximum Gasteiger partial charge on any atom is 0.265 e. The Morgan fingerprint density at radius 1 is 1.26 bits per heavy atom. The van der Waals surface area contributed by atoms with Gasteiger partial charge < -0.3 is 15.5 Å². The van der Waals surface area contributed by atoms with Gasteiger partial charge in [0.2, 0.25) is 5.91 Å². The van der Waals surface area contributed by atoms with E-state index in [0.717, 1.165) is 41.7 Å². The lowest BCUT2D eigenvalue weighted by atomic mass is 9.90. The van der Waals surface area contributed by atoms with Crippen LogP contribution >= 0.6 is 11.3 Å². The van der Waals surface area contributed by atoms with E-state index in [0.29, 0.717) is 10.6 Å². The van der Waals surface area contributed by atoms with Gasteiger partial charge in [-0.1, -0.05) is 20.8 Å². The normalized spacial score (nSPS) is 18.0. The molecule has 1 aliphatic rings. The smallest absolute Gasteiger partial charge is 0.265 e. The second-order valence-corrected chi connectivity index (χ2v) is 9.39. The van der Waals surface area contributed by atoms with E-state index in [1.807, 2.05) is 37.8 Å². The van der Waals surface area contributed by atoms with Gasteiger partial charge in [0.05, 0.1) is 17.4 Å². The molecule has 27 heavy (non-hydrogen) atoms. The first kappa shape index (κ1) is 19.6. The van der Waals surface area contributed by atoms with Crippen molar-refractivity contribution in [2.45, 2.75) is 46.1 Å². The number of nitrogens with zero attached hydrogens (tertiary/aromatic N) is 3. The van der Waals surface area contributed by atoms with Crippen molar-refractivity contribution in [3.05, 3.63) is 22.7 Å². The van der Waals surface area contributed by atoms with Crippen molar-refractivity contribution in [2.75, 3.05) is 26.4 Å². The number of nitrogen functional groups attached to an aromatic ring is 1. The van der Waals surface area contributed by atoms with Crippen molar-refractivity contribution in [1.29, 1.82) is 0 Å². The molecule has 146 valence electrons. The Morgan fingerprint density at radius 3 is 2.59 bits per heavy atom. The van der Waals surface area contributed by atoms with Crippen molar-refractivity contribution in [1.82, 2.24) is 14.8 Å². The van der Waals surface area contributed by atoms with Crippen LogP contribution in [0.2, 0.25) is 0 Å². The first-order chi connectivity index (χ1) is 12.6. The number of thiophene rings is 1. The van der Waals surface area contributed by atoms with Crippen LogP contribution in [0.25, 0.3) is 10.2 Å². The third kappa shape index (κ3) is 3.65. The molecule has 1 saturated heterocycles. The van der Waals surface area contributed by atoms with Gasteiger partial charge in [-0.05, 0) is 31.4 Å². The number of likely N-dealkylation sites (tertiary alicyclic amines) is 1. The zero-order valence-electron chi connectivity index (χ0n) is 16.7. The van der Waals surface area contributed by atoms with Crippen LogP contribution in [-0.4, -0.2) is 47.2 Å². The maximum absolute atomic E-state index is 12.9. The molecule has 0 spiro atoms. The average molecular weight is 389 g/mol. The Bertz CT molecular complexity index is 882. The number of hydrogen-bond acceptors (Lipinski definition) is 5. The second-order valence-electron chi connectivity index (χ2n) is 8.39. The highest BCUT2D eigenvalue weighted by atomic mass is 32.1. The molecule has 2 N–H and O–H groups in total. The standard InChI is InChI=1S/C20H28N4O2S/c1-20(2,3)19(26)24-11-7-6-8-14(24)13-10-9-12-15(21)16(18(25)23(4)5)27-17(12)22-13/h9-10,14H,6-8,11,21H2,1-5H3/t14-/m1/s1. The molecule has 1 atom stereocenters. The summed E-state index contributed by atoms with van der Waals surface area (Å²) >= 11 is 1.32. The lowest BCUT2D eigenvalue weighted by molar-refractivity contribution is -0.143. The SMILES string of the molecule is CN(C)C(=O)c1sc2nc([C@H]3CCCCN3C(=O)C(C)(C)C)ccc2c1N. The number of fused-ring (bicyclic) bond motifs is 1. The third-order valence-corrected chi connectivity index (χ3v) is 6.07. The molecule has 0 radical (unpaired) electrons. The van der Waals surface area contributed by atoms with Crippen molar-refractivity contribution in [3.8, 4) is 0 Å². The number of rotatable bonds is 2. The molecule has 2 amide bonds. The third-order valence-electron chi connectivity index (χ3n) is 4.96. The van der Waals surface area contributed by atoms with Crippen LogP contribution in [0.4, 0.5) is 5.69 Å². The summed E-state index contributed by atoms with van der Waals surface area (Å²) in [4.78, 5) is 34.8. The Kier molecular flexibility index (Phi) is 5.16.